The maximum atomic E-state index is 13.3. The van der Waals surface area contributed by atoms with Crippen LogP contribution in [0.5, 0.6) is 23.0 Å². The van der Waals surface area contributed by atoms with E-state index >= 15 is 0 Å². The Morgan fingerprint density at radius 2 is 0.566 bits per heavy atom. The molecule has 8 nitrogen and oxygen atoms in total. The molecule has 76 heavy (non-hydrogen) atoms. The Morgan fingerprint density at radius 3 is 0.750 bits per heavy atom. The van der Waals surface area contributed by atoms with Gasteiger partial charge in [-0.2, -0.15) is 0 Å². The first-order valence-corrected chi connectivity index (χ1v) is 28.2. The van der Waals surface area contributed by atoms with Gasteiger partial charge in [0.25, 0.3) is 0 Å². The number of hydrogen-bond donors (Lipinski definition) is 2. The lowest BCUT2D eigenvalue weighted by Crippen LogP contribution is -2.26. The number of hydrogen-bond acceptors (Lipinski definition) is 8. The molecule has 1 aliphatic carbocycles. The lowest BCUT2D eigenvalue weighted by Gasteiger charge is -2.35. The van der Waals surface area contributed by atoms with E-state index in [1.54, 1.807) is 13.8 Å². The molecule has 4 aromatic rings. The van der Waals surface area contributed by atoms with Crippen molar-refractivity contribution in [2.45, 2.75) is 225 Å². The molecule has 420 valence electrons. The van der Waals surface area contributed by atoms with Gasteiger partial charge in [-0.05, 0) is 150 Å². The summed E-state index contributed by atoms with van der Waals surface area (Å²) < 4.78 is 24.4. The Bertz CT molecular complexity index is 2430. The first-order valence-electron chi connectivity index (χ1n) is 28.2. The number of esters is 2. The Kier molecular flexibility index (Phi) is 18.5. The van der Waals surface area contributed by atoms with Crippen LogP contribution in [0.25, 0.3) is 0 Å². The fraction of sp³-hybridized carbons (Fsp3) is 0.618. The molecule has 0 fully saturated rings. The standard InChI is InChI=1S/C68H100O8/c1-23-73-55(69)37-75-59-47-25-43-29-51(65(15,16)39-61(3,4)5)31-45(57(43)71)27-49-35-54(68(21,22)42-64(12,13)14)36-50(60(49)76-38-56(70)74-24-2)28-46-32-52(66(17,18)40-62(6,7)8)30-44(58(46)72)26-48(59)34-53(33-47)67(19,20)41-63(9,10)11/h29-36,71-72H,23-28,37-42H2,1-22H3. The summed E-state index contributed by atoms with van der Waals surface area (Å²) in [7, 11) is 0. The van der Waals surface area contributed by atoms with Gasteiger partial charge in [0.05, 0.1) is 13.2 Å². The van der Waals surface area contributed by atoms with Gasteiger partial charge >= 0.3 is 11.9 Å². The van der Waals surface area contributed by atoms with E-state index in [1.165, 1.54) is 0 Å². The first-order chi connectivity index (χ1) is 34.6. The first kappa shape index (κ1) is 61.9. The summed E-state index contributed by atoms with van der Waals surface area (Å²) >= 11 is 0. The van der Waals surface area contributed by atoms with Crippen molar-refractivity contribution >= 4 is 11.9 Å². The van der Waals surface area contributed by atoms with Crippen molar-refractivity contribution in [3.63, 3.8) is 0 Å². The van der Waals surface area contributed by atoms with Crippen molar-refractivity contribution in [1.29, 1.82) is 0 Å². The number of phenols is 2. The van der Waals surface area contributed by atoms with Crippen LogP contribution in [0.1, 0.15) is 245 Å². The number of benzene rings is 4. The minimum absolute atomic E-state index is 0.00642. The number of aromatic hydroxyl groups is 2. The highest BCUT2D eigenvalue weighted by molar-refractivity contribution is 5.72. The third-order valence-electron chi connectivity index (χ3n) is 14.8. The molecule has 2 N–H and O–H groups in total. The maximum Gasteiger partial charge on any atom is 0.344 e. The van der Waals surface area contributed by atoms with Gasteiger partial charge in [0.15, 0.2) is 13.2 Å². The van der Waals surface area contributed by atoms with Crippen molar-refractivity contribution in [2.75, 3.05) is 26.4 Å². The summed E-state index contributed by atoms with van der Waals surface area (Å²) in [5.41, 5.74) is 9.35. The number of phenolic OH excluding ortho intramolecular Hbond substituents is 2. The molecular weight excluding hydrogens is 945 g/mol. The molecule has 0 radical (unpaired) electrons. The molecule has 0 heterocycles. The van der Waals surface area contributed by atoms with E-state index < -0.39 is 11.9 Å². The molecule has 0 amide bonds. The van der Waals surface area contributed by atoms with Gasteiger partial charge in [-0.3, -0.25) is 0 Å². The second-order valence-corrected chi connectivity index (χ2v) is 29.9. The smallest absolute Gasteiger partial charge is 0.344 e. The van der Waals surface area contributed by atoms with Crippen LogP contribution < -0.4 is 9.47 Å². The zero-order chi connectivity index (χ0) is 57.4. The van der Waals surface area contributed by atoms with Gasteiger partial charge in [0.1, 0.15) is 23.0 Å². The van der Waals surface area contributed by atoms with Crippen LogP contribution in [0.3, 0.4) is 0 Å². The predicted octanol–water partition coefficient (Wildman–Crippen LogP) is 16.5. The summed E-state index contributed by atoms with van der Waals surface area (Å²) in [5.74, 6) is 0.482. The molecule has 1 aliphatic rings. The normalized spacial score (nSPS) is 14.1. The Balaban J connectivity index is 2.05. The van der Waals surface area contributed by atoms with Crippen LogP contribution in [-0.2, 0) is 66.4 Å². The fourth-order valence-corrected chi connectivity index (χ4v) is 13.2. The third-order valence-corrected chi connectivity index (χ3v) is 14.8. The molecule has 4 aromatic carbocycles. The number of ether oxygens (including phenoxy) is 4. The molecular formula is C68H100O8. The molecule has 0 aliphatic heterocycles. The van der Waals surface area contributed by atoms with Gasteiger partial charge in [-0.15, -0.1) is 0 Å². The largest absolute Gasteiger partial charge is 0.507 e. The van der Waals surface area contributed by atoms with Crippen molar-refractivity contribution in [3.05, 3.63) is 115 Å². The summed E-state index contributed by atoms with van der Waals surface area (Å²) in [5, 5.41) is 26.1. The van der Waals surface area contributed by atoms with E-state index in [2.05, 4.69) is 187 Å². The number of carbonyl (C=O) groups is 2. The van der Waals surface area contributed by atoms with Crippen molar-refractivity contribution in [2.24, 2.45) is 21.7 Å². The second-order valence-electron chi connectivity index (χ2n) is 29.9. The molecule has 0 saturated carbocycles. The lowest BCUT2D eigenvalue weighted by molar-refractivity contribution is -0.146. The van der Waals surface area contributed by atoms with E-state index in [1.807, 2.05) is 0 Å². The summed E-state index contributed by atoms with van der Waals surface area (Å²) in [6.07, 6.45) is 4.66. The van der Waals surface area contributed by atoms with Gasteiger partial charge in [-0.25, -0.2) is 9.59 Å². The van der Waals surface area contributed by atoms with Gasteiger partial charge in [0.2, 0.25) is 0 Å². The molecule has 0 atom stereocenters. The van der Waals surface area contributed by atoms with Crippen molar-refractivity contribution in [1.82, 2.24) is 0 Å². The summed E-state index contributed by atoms with van der Waals surface area (Å²) in [4.78, 5) is 26.6. The van der Waals surface area contributed by atoms with Crippen molar-refractivity contribution in [3.8, 4) is 23.0 Å². The van der Waals surface area contributed by atoms with Crippen LogP contribution in [0.15, 0.2) is 48.5 Å². The second kappa shape index (κ2) is 22.8. The van der Waals surface area contributed by atoms with Crippen molar-refractivity contribution < 1.29 is 38.7 Å². The molecule has 0 unspecified atom stereocenters. The summed E-state index contributed by atoms with van der Waals surface area (Å²) in [6, 6.07) is 17.5. The van der Waals surface area contributed by atoms with E-state index in [0.717, 1.165) is 92.4 Å². The molecule has 8 heteroatoms. The number of fused-ring (bicyclic) bond motifs is 8. The Labute approximate surface area is 460 Å². The Morgan fingerprint density at radius 1 is 0.368 bits per heavy atom. The van der Waals surface area contributed by atoms with Gasteiger partial charge < -0.3 is 29.2 Å². The minimum Gasteiger partial charge on any atom is -0.507 e. The van der Waals surface area contributed by atoms with E-state index in [4.69, 9.17) is 18.9 Å². The molecule has 0 aromatic heterocycles. The number of rotatable bonds is 16. The highest BCUT2D eigenvalue weighted by Gasteiger charge is 2.35. The molecule has 8 bridgehead atoms. The van der Waals surface area contributed by atoms with Crippen LogP contribution in [0.4, 0.5) is 0 Å². The molecule has 0 saturated heterocycles. The molecule has 5 rings (SSSR count). The number of carbonyl (C=O) groups excluding carboxylic acids is 2. The Hall–Kier alpha value is -4.98. The average Bonchev–Trinajstić information content (AvgIpc) is 3.22. The van der Waals surface area contributed by atoms with Crippen LogP contribution in [0.2, 0.25) is 0 Å². The topological polar surface area (TPSA) is 112 Å². The quantitative estimate of drug-likeness (QED) is 0.0940. The monoisotopic (exact) mass is 1040 g/mol. The van der Waals surface area contributed by atoms with E-state index in [9.17, 15) is 19.8 Å². The van der Waals surface area contributed by atoms with Gasteiger partial charge in [0, 0.05) is 25.7 Å². The minimum atomic E-state index is -0.474. The SMILES string of the molecule is CCOC(=O)COc1c2cc(C(C)(C)CC(C)(C)C)cc1Cc1cc(C(C)(C)CC(C)(C)C)cc(c1O)Cc1cc(C(C)(C)CC(C)(C)C)cc(c1OCC(=O)OCC)Cc1cc(C(C)(C)CC(C)(C)C)cc(c1O)C2. The fourth-order valence-electron chi connectivity index (χ4n) is 13.2. The van der Waals surface area contributed by atoms with Crippen LogP contribution in [0, 0.1) is 21.7 Å². The third kappa shape index (κ3) is 16.5. The van der Waals surface area contributed by atoms with E-state index in [-0.39, 0.29) is 107 Å². The van der Waals surface area contributed by atoms with Crippen LogP contribution in [-0.4, -0.2) is 48.6 Å². The maximum absolute atomic E-state index is 13.3. The van der Waals surface area contributed by atoms with Crippen LogP contribution >= 0.6 is 0 Å². The average molecular weight is 1050 g/mol. The zero-order valence-corrected chi connectivity index (χ0v) is 51.4. The zero-order valence-electron chi connectivity index (χ0n) is 51.4. The lowest BCUT2D eigenvalue weighted by atomic mass is 9.70. The molecule has 0 spiro atoms. The highest BCUT2D eigenvalue weighted by atomic mass is 16.6. The van der Waals surface area contributed by atoms with Gasteiger partial charge in [-0.1, -0.05) is 187 Å². The van der Waals surface area contributed by atoms with E-state index in [0.29, 0.717) is 11.5 Å². The highest BCUT2D eigenvalue weighted by Crippen LogP contribution is 2.48. The predicted molar refractivity (Wildman–Crippen MR) is 313 cm³/mol. The summed E-state index contributed by atoms with van der Waals surface area (Å²) in [6.45, 7) is 48.9.